The molecule has 7 heteroatoms. The molecule has 0 saturated carbocycles. The summed E-state index contributed by atoms with van der Waals surface area (Å²) in [5, 5.41) is 3.34. The first-order chi connectivity index (χ1) is 15.0. The lowest BCUT2D eigenvalue weighted by Crippen LogP contribution is -2.40. The van der Waals surface area contributed by atoms with E-state index in [1.54, 1.807) is 4.52 Å². The molecule has 166 valence electrons. The van der Waals surface area contributed by atoms with Crippen molar-refractivity contribution in [2.24, 2.45) is 5.92 Å². The number of hydrogen-bond acceptors (Lipinski definition) is 4. The molecule has 0 spiro atoms. The first kappa shape index (κ1) is 20.5. The van der Waals surface area contributed by atoms with Crippen LogP contribution in [0.4, 0.5) is 0 Å². The van der Waals surface area contributed by atoms with Crippen molar-refractivity contribution in [2.75, 3.05) is 19.6 Å². The summed E-state index contributed by atoms with van der Waals surface area (Å²) in [6.45, 7) is 7.54. The molecule has 1 saturated heterocycles. The van der Waals surface area contributed by atoms with Crippen LogP contribution in [-0.2, 0) is 17.8 Å². The number of likely N-dealkylation sites (tertiary alicyclic amines) is 1. The highest BCUT2D eigenvalue weighted by Gasteiger charge is 2.28. The Balaban J connectivity index is 1.29. The van der Waals surface area contributed by atoms with E-state index in [1.165, 1.54) is 0 Å². The molecule has 1 fully saturated rings. The van der Waals surface area contributed by atoms with E-state index in [0.29, 0.717) is 30.8 Å². The van der Waals surface area contributed by atoms with Gasteiger partial charge in [0.1, 0.15) is 0 Å². The van der Waals surface area contributed by atoms with Gasteiger partial charge in [-0.05, 0) is 45.4 Å². The van der Waals surface area contributed by atoms with E-state index >= 15 is 0 Å². The Kier molecular flexibility index (Phi) is 5.46. The molecule has 0 aromatic carbocycles. The van der Waals surface area contributed by atoms with Crippen LogP contribution in [0.3, 0.4) is 0 Å². The van der Waals surface area contributed by atoms with E-state index in [9.17, 15) is 9.59 Å². The molecule has 7 nitrogen and oxygen atoms in total. The van der Waals surface area contributed by atoms with Crippen LogP contribution in [0.2, 0.25) is 0 Å². The topological polar surface area (TPSA) is 73.7 Å². The predicted octanol–water partition coefficient (Wildman–Crippen LogP) is 2.85. The Bertz CT molecular complexity index is 1060. The van der Waals surface area contributed by atoms with Gasteiger partial charge in [-0.25, -0.2) is 9.50 Å². The average molecular weight is 424 g/mol. The molecule has 1 N–H and O–H groups in total. The predicted molar refractivity (Wildman–Crippen MR) is 120 cm³/mol. The van der Waals surface area contributed by atoms with Gasteiger partial charge in [0.25, 0.3) is 5.56 Å². The monoisotopic (exact) mass is 423 g/mol. The van der Waals surface area contributed by atoms with Gasteiger partial charge < -0.3 is 4.90 Å². The molecule has 0 radical (unpaired) electrons. The van der Waals surface area contributed by atoms with E-state index in [1.807, 2.05) is 11.0 Å². The van der Waals surface area contributed by atoms with Crippen molar-refractivity contribution in [3.8, 4) is 0 Å². The molecule has 3 aliphatic rings. The minimum absolute atomic E-state index is 0.0360. The van der Waals surface area contributed by atoms with Crippen molar-refractivity contribution in [1.82, 2.24) is 24.4 Å². The Morgan fingerprint density at radius 3 is 2.74 bits per heavy atom. The second-order valence-electron chi connectivity index (χ2n) is 9.69. The highest BCUT2D eigenvalue weighted by molar-refractivity contribution is 5.76. The third-order valence-electron chi connectivity index (χ3n) is 7.38. The lowest BCUT2D eigenvalue weighted by atomic mass is 9.93. The Hall–Kier alpha value is -2.41. The van der Waals surface area contributed by atoms with Crippen molar-refractivity contribution in [3.63, 3.8) is 0 Å². The normalized spacial score (nSPS) is 22.5. The molecule has 31 heavy (non-hydrogen) atoms. The quantitative estimate of drug-likeness (QED) is 0.768. The van der Waals surface area contributed by atoms with Crippen molar-refractivity contribution in [2.45, 2.75) is 70.9 Å². The van der Waals surface area contributed by atoms with Gasteiger partial charge >= 0.3 is 0 Å². The summed E-state index contributed by atoms with van der Waals surface area (Å²) in [6.07, 6.45) is 9.92. The number of hydrogen-bond donors (Lipinski definition) is 1. The smallest absolute Gasteiger partial charge is 0.277 e. The number of aromatic amines is 1. The highest BCUT2D eigenvalue weighted by atomic mass is 16.2. The fraction of sp³-hybridized carbons (Fsp3) is 0.625. The molecule has 5 rings (SSSR count). The summed E-state index contributed by atoms with van der Waals surface area (Å²) in [6, 6.07) is 2.46. The summed E-state index contributed by atoms with van der Waals surface area (Å²) >= 11 is 0. The van der Waals surface area contributed by atoms with Crippen molar-refractivity contribution >= 4 is 11.6 Å². The van der Waals surface area contributed by atoms with Crippen molar-refractivity contribution in [3.05, 3.63) is 45.5 Å². The van der Waals surface area contributed by atoms with Crippen LogP contribution < -0.4 is 5.56 Å². The highest BCUT2D eigenvalue weighted by Crippen LogP contribution is 2.29. The zero-order valence-corrected chi connectivity index (χ0v) is 18.6. The molecule has 2 aromatic heterocycles. The van der Waals surface area contributed by atoms with Gasteiger partial charge in [0.05, 0.1) is 11.3 Å². The first-order valence-corrected chi connectivity index (χ1v) is 11.8. The van der Waals surface area contributed by atoms with Crippen LogP contribution >= 0.6 is 0 Å². The summed E-state index contributed by atoms with van der Waals surface area (Å²) in [4.78, 5) is 35.0. The van der Waals surface area contributed by atoms with Gasteiger partial charge in [-0.15, -0.1) is 0 Å². The summed E-state index contributed by atoms with van der Waals surface area (Å²) < 4.78 is 1.63. The maximum atomic E-state index is 13.2. The molecule has 0 unspecified atom stereocenters. The zero-order valence-electron chi connectivity index (χ0n) is 18.6. The van der Waals surface area contributed by atoms with Gasteiger partial charge in [0.15, 0.2) is 5.65 Å². The Morgan fingerprint density at radius 1 is 1.23 bits per heavy atom. The molecular formula is C24H33N5O2. The van der Waals surface area contributed by atoms with Gasteiger partial charge in [-0.2, -0.15) is 0 Å². The molecule has 1 amide bonds. The lowest BCUT2D eigenvalue weighted by Gasteiger charge is -2.32. The number of fused-ring (bicyclic) bond motifs is 2. The van der Waals surface area contributed by atoms with Gasteiger partial charge in [0.2, 0.25) is 5.91 Å². The van der Waals surface area contributed by atoms with E-state index in [-0.39, 0.29) is 11.5 Å². The number of nitrogens with zero attached hydrogens (tertiary/aromatic N) is 4. The van der Waals surface area contributed by atoms with Gasteiger partial charge in [-0.1, -0.05) is 12.2 Å². The summed E-state index contributed by atoms with van der Waals surface area (Å²) in [5.41, 5.74) is 3.61. The first-order valence-electron chi connectivity index (χ1n) is 11.8. The number of carbonyl (C=O) groups is 1. The SMILES string of the molecule is CC(C)N1CCc2nc3cc(C4CCN(C(=O)C[C@@H]5C=CCC5)CC4)[nH]n3c(=O)c2C1. The van der Waals surface area contributed by atoms with Crippen LogP contribution in [0.5, 0.6) is 0 Å². The van der Waals surface area contributed by atoms with E-state index in [2.05, 4.69) is 36.0 Å². The number of nitrogens with one attached hydrogen (secondary N) is 1. The fourth-order valence-electron chi connectivity index (χ4n) is 5.33. The second-order valence-corrected chi connectivity index (χ2v) is 9.69. The van der Waals surface area contributed by atoms with Crippen LogP contribution in [0.25, 0.3) is 5.65 Å². The number of allylic oxidation sites excluding steroid dienone is 2. The zero-order chi connectivity index (χ0) is 21.5. The molecule has 2 aromatic rings. The van der Waals surface area contributed by atoms with Crippen LogP contribution in [0.1, 0.15) is 68.8 Å². The standard InChI is InChI=1S/C24H33N5O2/c1-16(2)28-12-9-20-19(15-28)24(31)29-22(25-20)14-21(26-29)18-7-10-27(11-8-18)23(30)13-17-5-3-4-6-17/h3,5,14,16-18,26H,4,6-13,15H2,1-2H3/t17-/m1/s1. The van der Waals surface area contributed by atoms with Gasteiger partial charge in [0, 0.05) is 62.7 Å². The number of H-pyrrole nitrogens is 1. The number of aromatic nitrogens is 3. The molecule has 4 heterocycles. The molecule has 0 bridgehead atoms. The number of carbonyl (C=O) groups excluding carboxylic acids is 1. The Morgan fingerprint density at radius 2 is 2.03 bits per heavy atom. The number of amides is 1. The minimum Gasteiger partial charge on any atom is -0.343 e. The van der Waals surface area contributed by atoms with Crippen LogP contribution in [-0.4, -0.2) is 56.0 Å². The average Bonchev–Trinajstić information content (AvgIpc) is 3.44. The molecule has 1 aliphatic carbocycles. The van der Waals surface area contributed by atoms with Gasteiger partial charge in [-0.3, -0.25) is 19.6 Å². The summed E-state index contributed by atoms with van der Waals surface area (Å²) in [7, 11) is 0. The number of rotatable bonds is 4. The molecular weight excluding hydrogens is 390 g/mol. The fourth-order valence-corrected chi connectivity index (χ4v) is 5.33. The third kappa shape index (κ3) is 3.95. The third-order valence-corrected chi connectivity index (χ3v) is 7.38. The van der Waals surface area contributed by atoms with Crippen molar-refractivity contribution in [1.29, 1.82) is 0 Å². The molecule has 1 atom stereocenters. The lowest BCUT2D eigenvalue weighted by molar-refractivity contribution is -0.132. The molecule has 2 aliphatic heterocycles. The van der Waals surface area contributed by atoms with Crippen molar-refractivity contribution < 1.29 is 4.79 Å². The largest absolute Gasteiger partial charge is 0.343 e. The van der Waals surface area contributed by atoms with Crippen LogP contribution in [0.15, 0.2) is 23.0 Å². The van der Waals surface area contributed by atoms with E-state index in [0.717, 1.165) is 74.3 Å². The Labute approximate surface area is 183 Å². The maximum Gasteiger partial charge on any atom is 0.277 e. The van der Waals surface area contributed by atoms with Crippen LogP contribution in [0, 0.1) is 5.92 Å². The number of piperidine rings is 1. The second kappa shape index (κ2) is 8.26. The minimum atomic E-state index is 0.0360. The van der Waals surface area contributed by atoms with E-state index < -0.39 is 0 Å². The maximum absolute atomic E-state index is 13.2. The van der Waals surface area contributed by atoms with E-state index in [4.69, 9.17) is 4.98 Å². The summed E-state index contributed by atoms with van der Waals surface area (Å²) in [5.74, 6) is 1.04.